The Labute approximate surface area is 128 Å². The van der Waals surface area contributed by atoms with E-state index in [1.54, 1.807) is 0 Å². The number of unbranched alkanes of at least 4 members (excludes halogenated alkanes) is 4. The molecule has 0 spiro atoms. The first kappa shape index (κ1) is 16.2. The van der Waals surface area contributed by atoms with E-state index < -0.39 is 6.10 Å². The zero-order chi connectivity index (χ0) is 15.1. The van der Waals surface area contributed by atoms with E-state index in [2.05, 4.69) is 13.8 Å². The van der Waals surface area contributed by atoms with Crippen molar-refractivity contribution in [1.29, 1.82) is 0 Å². The zero-order valence-electron chi connectivity index (χ0n) is 13.3. The summed E-state index contributed by atoms with van der Waals surface area (Å²) in [6, 6.07) is 5.81. The van der Waals surface area contributed by atoms with E-state index >= 15 is 0 Å². The third-order valence-electron chi connectivity index (χ3n) is 3.98. The van der Waals surface area contributed by atoms with Crippen molar-refractivity contribution < 1.29 is 14.6 Å². The maximum atomic E-state index is 10.3. The van der Waals surface area contributed by atoms with Crippen LogP contribution in [0.3, 0.4) is 0 Å². The molecule has 21 heavy (non-hydrogen) atoms. The van der Waals surface area contributed by atoms with Gasteiger partial charge in [0.2, 0.25) is 0 Å². The summed E-state index contributed by atoms with van der Waals surface area (Å²) in [5.41, 5.74) is 0.933. The first-order chi connectivity index (χ1) is 10.2. The zero-order valence-corrected chi connectivity index (χ0v) is 13.3. The molecule has 1 aromatic carbocycles. The van der Waals surface area contributed by atoms with E-state index in [-0.39, 0.29) is 0 Å². The Kier molecular flexibility index (Phi) is 6.37. The van der Waals surface area contributed by atoms with Gasteiger partial charge in [-0.15, -0.1) is 0 Å². The Morgan fingerprint density at radius 1 is 1.10 bits per heavy atom. The summed E-state index contributed by atoms with van der Waals surface area (Å²) in [6.07, 6.45) is 6.50. The number of ether oxygens (including phenoxy) is 2. The first-order valence-electron chi connectivity index (χ1n) is 8.28. The first-order valence-corrected chi connectivity index (χ1v) is 8.28. The SMILES string of the molecule is CCCCCCCC(O)c1ccc2c(c1)OCC(C)CO2. The topological polar surface area (TPSA) is 38.7 Å². The Balaban J connectivity index is 1.88. The lowest BCUT2D eigenvalue weighted by Crippen LogP contribution is -2.12. The fourth-order valence-electron chi connectivity index (χ4n) is 2.58. The average molecular weight is 292 g/mol. The Morgan fingerprint density at radius 2 is 1.81 bits per heavy atom. The second kappa shape index (κ2) is 8.28. The van der Waals surface area contributed by atoms with Gasteiger partial charge >= 0.3 is 0 Å². The molecule has 0 fully saturated rings. The number of benzene rings is 1. The second-order valence-electron chi connectivity index (χ2n) is 6.15. The van der Waals surface area contributed by atoms with E-state index in [0.29, 0.717) is 19.1 Å². The Morgan fingerprint density at radius 3 is 2.57 bits per heavy atom. The van der Waals surface area contributed by atoms with Crippen LogP contribution < -0.4 is 9.47 Å². The highest BCUT2D eigenvalue weighted by atomic mass is 16.5. The molecule has 1 heterocycles. The van der Waals surface area contributed by atoms with E-state index in [4.69, 9.17) is 9.47 Å². The van der Waals surface area contributed by atoms with Gasteiger partial charge in [-0.3, -0.25) is 0 Å². The number of aliphatic hydroxyl groups is 1. The fraction of sp³-hybridized carbons (Fsp3) is 0.667. The highest BCUT2D eigenvalue weighted by Gasteiger charge is 2.17. The second-order valence-corrected chi connectivity index (χ2v) is 6.15. The van der Waals surface area contributed by atoms with Crippen molar-refractivity contribution in [2.75, 3.05) is 13.2 Å². The maximum absolute atomic E-state index is 10.3. The highest BCUT2D eigenvalue weighted by Crippen LogP contribution is 2.34. The van der Waals surface area contributed by atoms with Crippen molar-refractivity contribution in [3.05, 3.63) is 23.8 Å². The van der Waals surface area contributed by atoms with E-state index in [1.807, 2.05) is 18.2 Å². The normalized spacial score (nSPS) is 19.1. The lowest BCUT2D eigenvalue weighted by molar-refractivity contribution is 0.162. The van der Waals surface area contributed by atoms with Crippen LogP contribution in [0.1, 0.15) is 64.0 Å². The van der Waals surface area contributed by atoms with Crippen molar-refractivity contribution in [3.63, 3.8) is 0 Å². The molecule has 1 aromatic rings. The highest BCUT2D eigenvalue weighted by molar-refractivity contribution is 5.44. The largest absolute Gasteiger partial charge is 0.489 e. The minimum Gasteiger partial charge on any atom is -0.489 e. The van der Waals surface area contributed by atoms with Gasteiger partial charge < -0.3 is 14.6 Å². The molecule has 2 rings (SSSR count). The molecule has 0 saturated heterocycles. The van der Waals surface area contributed by atoms with Gasteiger partial charge in [-0.25, -0.2) is 0 Å². The van der Waals surface area contributed by atoms with Crippen LogP contribution in [-0.2, 0) is 0 Å². The number of hydrogen-bond acceptors (Lipinski definition) is 3. The van der Waals surface area contributed by atoms with Gasteiger partial charge in [-0.2, -0.15) is 0 Å². The number of fused-ring (bicyclic) bond motifs is 1. The van der Waals surface area contributed by atoms with Crippen molar-refractivity contribution >= 4 is 0 Å². The van der Waals surface area contributed by atoms with Crippen LogP contribution in [0.2, 0.25) is 0 Å². The van der Waals surface area contributed by atoms with Crippen LogP contribution in [0, 0.1) is 5.92 Å². The summed E-state index contributed by atoms with van der Waals surface area (Å²) < 4.78 is 11.5. The van der Waals surface area contributed by atoms with E-state index in [9.17, 15) is 5.11 Å². The molecular formula is C18H28O3. The quantitative estimate of drug-likeness (QED) is 0.753. The third kappa shape index (κ3) is 4.92. The molecule has 3 heteroatoms. The summed E-state index contributed by atoms with van der Waals surface area (Å²) >= 11 is 0. The van der Waals surface area contributed by atoms with Crippen LogP contribution in [0.4, 0.5) is 0 Å². The molecule has 1 aliphatic heterocycles. The lowest BCUT2D eigenvalue weighted by atomic mass is 10.0. The smallest absolute Gasteiger partial charge is 0.161 e. The van der Waals surface area contributed by atoms with Crippen LogP contribution in [0.25, 0.3) is 0 Å². The van der Waals surface area contributed by atoms with Gasteiger partial charge in [0.25, 0.3) is 0 Å². The van der Waals surface area contributed by atoms with E-state index in [1.165, 1.54) is 25.7 Å². The molecule has 2 unspecified atom stereocenters. The number of aliphatic hydroxyl groups excluding tert-OH is 1. The molecule has 3 nitrogen and oxygen atoms in total. The van der Waals surface area contributed by atoms with Crippen molar-refractivity contribution in [3.8, 4) is 11.5 Å². The predicted octanol–water partition coefficient (Wildman–Crippen LogP) is 4.49. The maximum Gasteiger partial charge on any atom is 0.161 e. The Bertz CT molecular complexity index is 430. The molecule has 0 aromatic heterocycles. The van der Waals surface area contributed by atoms with Gasteiger partial charge in [0.15, 0.2) is 11.5 Å². The van der Waals surface area contributed by atoms with Crippen LogP contribution in [0.5, 0.6) is 11.5 Å². The summed E-state index contributed by atoms with van der Waals surface area (Å²) in [5.74, 6) is 1.95. The third-order valence-corrected chi connectivity index (χ3v) is 3.98. The minimum absolute atomic E-state index is 0.393. The molecule has 0 radical (unpaired) electrons. The average Bonchev–Trinajstić information content (AvgIpc) is 2.68. The summed E-state index contributed by atoms with van der Waals surface area (Å²) in [6.45, 7) is 5.68. The molecule has 2 atom stereocenters. The van der Waals surface area contributed by atoms with Gasteiger partial charge in [-0.1, -0.05) is 52.0 Å². The van der Waals surface area contributed by atoms with Gasteiger partial charge in [-0.05, 0) is 24.1 Å². The van der Waals surface area contributed by atoms with Gasteiger partial charge in [0.1, 0.15) is 0 Å². The summed E-state index contributed by atoms with van der Waals surface area (Å²) in [7, 11) is 0. The minimum atomic E-state index is -0.402. The molecular weight excluding hydrogens is 264 g/mol. The molecule has 0 saturated carbocycles. The van der Waals surface area contributed by atoms with Crippen LogP contribution in [0.15, 0.2) is 18.2 Å². The molecule has 1 aliphatic rings. The summed E-state index contributed by atoms with van der Waals surface area (Å²) in [4.78, 5) is 0. The van der Waals surface area contributed by atoms with Crippen molar-refractivity contribution in [2.45, 2.75) is 58.5 Å². The molecule has 0 amide bonds. The van der Waals surface area contributed by atoms with Crippen molar-refractivity contribution in [2.24, 2.45) is 5.92 Å². The molecule has 0 bridgehead atoms. The van der Waals surface area contributed by atoms with Crippen molar-refractivity contribution in [1.82, 2.24) is 0 Å². The van der Waals surface area contributed by atoms with Gasteiger partial charge in [0, 0.05) is 5.92 Å². The predicted molar refractivity (Wildman–Crippen MR) is 84.9 cm³/mol. The number of hydrogen-bond donors (Lipinski definition) is 1. The lowest BCUT2D eigenvalue weighted by Gasteiger charge is -2.14. The monoisotopic (exact) mass is 292 g/mol. The van der Waals surface area contributed by atoms with Crippen LogP contribution >= 0.6 is 0 Å². The Hall–Kier alpha value is -1.22. The number of rotatable bonds is 7. The summed E-state index contributed by atoms with van der Waals surface area (Å²) in [5, 5.41) is 10.3. The standard InChI is InChI=1S/C18H28O3/c1-3-4-5-6-7-8-16(19)15-9-10-17-18(11-15)21-13-14(2)12-20-17/h9-11,14,16,19H,3-8,12-13H2,1-2H3. The van der Waals surface area contributed by atoms with E-state index in [0.717, 1.165) is 29.9 Å². The van der Waals surface area contributed by atoms with Gasteiger partial charge in [0.05, 0.1) is 19.3 Å². The molecule has 0 aliphatic carbocycles. The fourth-order valence-corrected chi connectivity index (χ4v) is 2.58. The molecule has 118 valence electrons. The van der Waals surface area contributed by atoms with Crippen LogP contribution in [-0.4, -0.2) is 18.3 Å². The molecule has 1 N–H and O–H groups in total.